The van der Waals surface area contributed by atoms with Gasteiger partial charge in [-0.3, -0.25) is 9.69 Å². The number of carbonyl (C=O) groups is 1. The van der Waals surface area contributed by atoms with E-state index in [2.05, 4.69) is 16.3 Å². The van der Waals surface area contributed by atoms with Crippen LogP contribution in [0, 0.1) is 5.82 Å². The third-order valence-corrected chi connectivity index (χ3v) is 6.17. The Morgan fingerprint density at radius 2 is 2.00 bits per heavy atom. The summed E-state index contributed by atoms with van der Waals surface area (Å²) in [5.41, 5.74) is 0.658. The van der Waals surface area contributed by atoms with Gasteiger partial charge in [0.2, 0.25) is 0 Å². The summed E-state index contributed by atoms with van der Waals surface area (Å²) >= 11 is 1.63. The lowest BCUT2D eigenvalue weighted by Crippen LogP contribution is -2.54. The molecule has 0 saturated carbocycles. The minimum atomic E-state index is -0.342. The van der Waals surface area contributed by atoms with Crippen LogP contribution in [0.2, 0.25) is 0 Å². The van der Waals surface area contributed by atoms with E-state index in [-0.39, 0.29) is 17.8 Å². The molecule has 1 N–H and O–H groups in total. The molecule has 2 aliphatic rings. The van der Waals surface area contributed by atoms with Crippen molar-refractivity contribution in [2.24, 2.45) is 0 Å². The lowest BCUT2D eigenvalue weighted by Gasteiger charge is -2.36. The Hall–Kier alpha value is -1.80. The Kier molecular flexibility index (Phi) is 5.83. The molecule has 2 fully saturated rings. The number of rotatable bonds is 4. The van der Waals surface area contributed by atoms with Crippen molar-refractivity contribution in [1.82, 2.24) is 15.1 Å². The molecule has 1 atom stereocenters. The van der Waals surface area contributed by atoms with Crippen LogP contribution >= 0.6 is 11.3 Å². The van der Waals surface area contributed by atoms with E-state index in [0.29, 0.717) is 18.7 Å². The zero-order valence-corrected chi connectivity index (χ0v) is 16.0. The quantitative estimate of drug-likeness (QED) is 0.871. The van der Waals surface area contributed by atoms with E-state index >= 15 is 0 Å². The molecule has 5 nitrogen and oxygen atoms in total. The Bertz CT molecular complexity index is 783. The number of ether oxygens (including phenoxy) is 1. The monoisotopic (exact) mass is 389 g/mol. The lowest BCUT2D eigenvalue weighted by atomic mass is 10.2. The van der Waals surface area contributed by atoms with Crippen molar-refractivity contribution < 1.29 is 13.9 Å². The van der Waals surface area contributed by atoms with Crippen LogP contribution in [-0.4, -0.2) is 67.7 Å². The molecular formula is C20H24FN3O2S. The minimum Gasteiger partial charge on any atom is -0.366 e. The molecule has 1 unspecified atom stereocenters. The van der Waals surface area contributed by atoms with E-state index in [1.807, 2.05) is 23.1 Å². The fourth-order valence-electron chi connectivity index (χ4n) is 3.54. The van der Waals surface area contributed by atoms with Crippen LogP contribution in [0.4, 0.5) is 4.39 Å². The number of benzene rings is 1. The van der Waals surface area contributed by atoms with Gasteiger partial charge in [0.05, 0.1) is 6.61 Å². The van der Waals surface area contributed by atoms with Crippen molar-refractivity contribution >= 4 is 17.2 Å². The second-order valence-electron chi connectivity index (χ2n) is 6.91. The maximum atomic E-state index is 14.0. The van der Waals surface area contributed by atoms with Crippen molar-refractivity contribution in [3.05, 3.63) is 47.1 Å². The molecule has 4 rings (SSSR count). The molecule has 0 radical (unpaired) electrons. The van der Waals surface area contributed by atoms with Crippen LogP contribution in [0.5, 0.6) is 0 Å². The number of morpholine rings is 1. The second kappa shape index (κ2) is 8.48. The lowest BCUT2D eigenvalue weighted by molar-refractivity contribution is -0.147. The number of thiophene rings is 1. The summed E-state index contributed by atoms with van der Waals surface area (Å²) in [6, 6.07) is 11.0. The van der Waals surface area contributed by atoms with Crippen LogP contribution in [0.1, 0.15) is 4.88 Å². The van der Waals surface area contributed by atoms with E-state index in [0.717, 1.165) is 44.1 Å². The van der Waals surface area contributed by atoms with Crippen LogP contribution in [-0.2, 0) is 16.1 Å². The van der Waals surface area contributed by atoms with Crippen molar-refractivity contribution in [2.45, 2.75) is 12.6 Å². The largest absolute Gasteiger partial charge is 0.366 e. The Morgan fingerprint density at radius 3 is 2.74 bits per heavy atom. The molecular weight excluding hydrogens is 365 g/mol. The van der Waals surface area contributed by atoms with Crippen molar-refractivity contribution in [1.29, 1.82) is 0 Å². The van der Waals surface area contributed by atoms with Gasteiger partial charge < -0.3 is 15.0 Å². The first-order chi connectivity index (χ1) is 13.2. The number of hydrogen-bond acceptors (Lipinski definition) is 5. The van der Waals surface area contributed by atoms with E-state index in [1.54, 1.807) is 17.4 Å². The molecule has 144 valence electrons. The summed E-state index contributed by atoms with van der Waals surface area (Å²) in [5.74, 6) is -0.0859. The normalized spacial score (nSPS) is 21.4. The van der Waals surface area contributed by atoms with Gasteiger partial charge in [-0.2, -0.15) is 0 Å². The molecule has 27 heavy (non-hydrogen) atoms. The Labute approximate surface area is 162 Å². The van der Waals surface area contributed by atoms with Gasteiger partial charge >= 0.3 is 0 Å². The van der Waals surface area contributed by atoms with Crippen molar-refractivity contribution in [3.8, 4) is 10.4 Å². The van der Waals surface area contributed by atoms with E-state index in [4.69, 9.17) is 4.74 Å². The average molecular weight is 389 g/mol. The summed E-state index contributed by atoms with van der Waals surface area (Å²) < 4.78 is 19.5. The summed E-state index contributed by atoms with van der Waals surface area (Å²) in [6.07, 6.45) is -0.342. The number of halogens is 1. The molecule has 3 heterocycles. The molecule has 0 spiro atoms. The Morgan fingerprint density at radius 1 is 1.19 bits per heavy atom. The summed E-state index contributed by atoms with van der Waals surface area (Å²) in [7, 11) is 0. The molecule has 2 saturated heterocycles. The van der Waals surface area contributed by atoms with Crippen LogP contribution in [0.25, 0.3) is 10.4 Å². The molecule has 7 heteroatoms. The Balaban J connectivity index is 1.31. The van der Waals surface area contributed by atoms with Gasteiger partial charge in [-0.05, 0) is 18.2 Å². The first kappa shape index (κ1) is 18.6. The second-order valence-corrected chi connectivity index (χ2v) is 8.08. The molecule has 0 aliphatic carbocycles. The maximum Gasteiger partial charge on any atom is 0.253 e. The predicted octanol–water partition coefficient (Wildman–Crippen LogP) is 2.19. The van der Waals surface area contributed by atoms with Gasteiger partial charge in [-0.1, -0.05) is 18.2 Å². The minimum absolute atomic E-state index is 0.0970. The SMILES string of the molecule is O=C(C1CNCCO1)N1CCN(Cc2ccc(-c3ccccc3F)s2)CC1. The molecule has 1 aromatic carbocycles. The maximum absolute atomic E-state index is 14.0. The van der Waals surface area contributed by atoms with Crippen molar-refractivity contribution in [2.75, 3.05) is 45.9 Å². The fraction of sp³-hybridized carbons (Fsp3) is 0.450. The van der Waals surface area contributed by atoms with Crippen LogP contribution in [0.15, 0.2) is 36.4 Å². The van der Waals surface area contributed by atoms with Gasteiger partial charge in [0.1, 0.15) is 11.9 Å². The van der Waals surface area contributed by atoms with Gasteiger partial charge in [-0.25, -0.2) is 4.39 Å². The summed E-state index contributed by atoms with van der Waals surface area (Å²) in [5, 5.41) is 3.21. The van der Waals surface area contributed by atoms with Gasteiger partial charge in [0.15, 0.2) is 0 Å². The first-order valence-corrected chi connectivity index (χ1v) is 10.2. The smallest absolute Gasteiger partial charge is 0.253 e. The predicted molar refractivity (Wildman–Crippen MR) is 104 cm³/mol. The fourth-order valence-corrected chi connectivity index (χ4v) is 4.62. The van der Waals surface area contributed by atoms with Gasteiger partial charge in [0.25, 0.3) is 5.91 Å². The highest BCUT2D eigenvalue weighted by Crippen LogP contribution is 2.30. The molecule has 2 aromatic rings. The standard InChI is InChI=1S/C20H24FN3O2S/c21-17-4-2-1-3-16(17)19-6-5-15(27-19)14-23-8-10-24(11-9-23)20(25)18-13-22-7-12-26-18/h1-6,18,22H,7-14H2. The third-order valence-electron chi connectivity index (χ3n) is 5.07. The number of carbonyl (C=O) groups excluding carboxylic acids is 1. The first-order valence-electron chi connectivity index (χ1n) is 9.38. The average Bonchev–Trinajstić information content (AvgIpc) is 3.17. The number of hydrogen-bond donors (Lipinski definition) is 1. The zero-order valence-electron chi connectivity index (χ0n) is 15.2. The number of nitrogens with zero attached hydrogens (tertiary/aromatic N) is 2. The molecule has 2 aliphatic heterocycles. The number of amides is 1. The summed E-state index contributed by atoms with van der Waals surface area (Å²) in [4.78, 5) is 19.0. The highest BCUT2D eigenvalue weighted by atomic mass is 32.1. The number of nitrogens with one attached hydrogen (secondary N) is 1. The topological polar surface area (TPSA) is 44.8 Å². The number of piperazine rings is 1. The van der Waals surface area contributed by atoms with E-state index < -0.39 is 0 Å². The van der Waals surface area contributed by atoms with Gasteiger partial charge in [-0.15, -0.1) is 11.3 Å². The van der Waals surface area contributed by atoms with E-state index in [9.17, 15) is 9.18 Å². The van der Waals surface area contributed by atoms with Gasteiger partial charge in [0, 0.05) is 61.1 Å². The van der Waals surface area contributed by atoms with Crippen molar-refractivity contribution in [3.63, 3.8) is 0 Å². The molecule has 1 amide bonds. The summed E-state index contributed by atoms with van der Waals surface area (Å²) in [6.45, 7) is 5.99. The molecule has 1 aromatic heterocycles. The zero-order chi connectivity index (χ0) is 18.6. The highest BCUT2D eigenvalue weighted by Gasteiger charge is 2.29. The van der Waals surface area contributed by atoms with Crippen LogP contribution < -0.4 is 5.32 Å². The van der Waals surface area contributed by atoms with E-state index in [1.165, 1.54) is 10.9 Å². The third kappa shape index (κ3) is 4.38. The molecule has 0 bridgehead atoms. The van der Waals surface area contributed by atoms with Crippen LogP contribution in [0.3, 0.4) is 0 Å². The highest BCUT2D eigenvalue weighted by molar-refractivity contribution is 7.15.